The molecule has 29 heavy (non-hydrogen) atoms. The first-order chi connectivity index (χ1) is 14.0. The highest BCUT2D eigenvalue weighted by molar-refractivity contribution is 5.73. The number of ether oxygens (including phenoxy) is 1. The summed E-state index contributed by atoms with van der Waals surface area (Å²) in [7, 11) is 3.25. The van der Waals surface area contributed by atoms with Crippen LogP contribution >= 0.6 is 0 Å². The van der Waals surface area contributed by atoms with Gasteiger partial charge in [0.25, 0.3) is 0 Å². The monoisotopic (exact) mass is 394 g/mol. The maximum atomic E-state index is 11.9. The Kier molecular flexibility index (Phi) is 7.45. The summed E-state index contributed by atoms with van der Waals surface area (Å²) < 4.78 is 4.25. The second kappa shape index (κ2) is 10.0. The molecule has 2 fully saturated rings. The lowest BCUT2D eigenvalue weighted by Gasteiger charge is -2.51. The zero-order valence-corrected chi connectivity index (χ0v) is 18.2. The summed E-state index contributed by atoms with van der Waals surface area (Å²) in [4.78, 5) is 16.5. The molecule has 2 heterocycles. The summed E-state index contributed by atoms with van der Waals surface area (Å²) in [5, 5.41) is 0. The highest BCUT2D eigenvalue weighted by atomic mass is 16.4. The summed E-state index contributed by atoms with van der Waals surface area (Å²) in [6.45, 7) is 7.93. The molecule has 2 aromatic carbocycles. The van der Waals surface area contributed by atoms with Gasteiger partial charge in [-0.2, -0.15) is 0 Å². The van der Waals surface area contributed by atoms with Crippen LogP contribution in [0.4, 0.5) is 0 Å². The molecule has 156 valence electrons. The minimum Gasteiger partial charge on any atom is -0.388 e. The smallest absolute Gasteiger partial charge is 0.219 e. The number of rotatable bonds is 2. The minimum absolute atomic E-state index is 0.215. The Bertz CT molecular complexity index is 803. The molecule has 2 saturated heterocycles. The Labute approximate surface area is 175 Å². The second-order valence-corrected chi connectivity index (χ2v) is 8.24. The van der Waals surface area contributed by atoms with Gasteiger partial charge in [0.05, 0.1) is 0 Å². The SMILES string of the molecule is CC(=O)N1CCCCN2CC(c3ccc(-c4cccc(C)c4)cc3)[C@@H]2C1.COC. The van der Waals surface area contributed by atoms with Crippen molar-refractivity contribution in [3.8, 4) is 11.1 Å². The van der Waals surface area contributed by atoms with E-state index in [9.17, 15) is 4.79 Å². The van der Waals surface area contributed by atoms with Gasteiger partial charge >= 0.3 is 0 Å². The van der Waals surface area contributed by atoms with Crippen molar-refractivity contribution in [3.63, 3.8) is 0 Å². The van der Waals surface area contributed by atoms with Gasteiger partial charge in [-0.05, 0) is 43.0 Å². The predicted molar refractivity (Wildman–Crippen MR) is 119 cm³/mol. The van der Waals surface area contributed by atoms with Crippen LogP contribution in [0.3, 0.4) is 0 Å². The average Bonchev–Trinajstić information content (AvgIpc) is 2.68. The molecule has 0 radical (unpaired) electrons. The third-order valence-corrected chi connectivity index (χ3v) is 6.03. The number of carbonyl (C=O) groups is 1. The Morgan fingerprint density at radius 2 is 1.66 bits per heavy atom. The van der Waals surface area contributed by atoms with Crippen molar-refractivity contribution in [2.24, 2.45) is 0 Å². The van der Waals surface area contributed by atoms with Crippen molar-refractivity contribution in [2.45, 2.75) is 38.6 Å². The van der Waals surface area contributed by atoms with Crippen molar-refractivity contribution in [3.05, 3.63) is 59.7 Å². The zero-order valence-electron chi connectivity index (χ0n) is 18.2. The second-order valence-electron chi connectivity index (χ2n) is 8.24. The molecular weight excluding hydrogens is 360 g/mol. The Morgan fingerprint density at radius 3 is 2.31 bits per heavy atom. The lowest BCUT2D eigenvalue weighted by atomic mass is 9.81. The van der Waals surface area contributed by atoms with Crippen LogP contribution in [-0.2, 0) is 9.53 Å². The Morgan fingerprint density at radius 1 is 0.966 bits per heavy atom. The topological polar surface area (TPSA) is 32.8 Å². The first kappa shape index (κ1) is 21.5. The Balaban J connectivity index is 0.000000755. The molecule has 0 spiro atoms. The van der Waals surface area contributed by atoms with Crippen LogP contribution in [0.1, 0.15) is 36.8 Å². The number of carbonyl (C=O) groups excluding carboxylic acids is 1. The molecule has 1 amide bonds. The molecule has 2 atom stereocenters. The van der Waals surface area contributed by atoms with Gasteiger partial charge in [-0.1, -0.05) is 54.1 Å². The molecule has 0 saturated carbocycles. The summed E-state index contributed by atoms with van der Waals surface area (Å²) >= 11 is 0. The van der Waals surface area contributed by atoms with E-state index in [1.165, 1.54) is 35.2 Å². The van der Waals surface area contributed by atoms with Crippen molar-refractivity contribution in [2.75, 3.05) is 40.4 Å². The number of benzene rings is 2. The fourth-order valence-electron chi connectivity index (χ4n) is 4.42. The summed E-state index contributed by atoms with van der Waals surface area (Å²) in [5.41, 5.74) is 5.25. The summed E-state index contributed by atoms with van der Waals surface area (Å²) in [5.74, 6) is 0.758. The molecule has 0 aliphatic carbocycles. The molecule has 0 bridgehead atoms. The highest BCUT2D eigenvalue weighted by Crippen LogP contribution is 2.36. The quantitative estimate of drug-likeness (QED) is 0.760. The van der Waals surface area contributed by atoms with Gasteiger partial charge in [0.1, 0.15) is 0 Å². The van der Waals surface area contributed by atoms with Gasteiger partial charge in [-0.15, -0.1) is 0 Å². The number of nitrogens with zero attached hydrogens (tertiary/aromatic N) is 2. The zero-order chi connectivity index (χ0) is 20.8. The van der Waals surface area contributed by atoms with Gasteiger partial charge in [0.15, 0.2) is 0 Å². The van der Waals surface area contributed by atoms with Gasteiger partial charge in [-0.25, -0.2) is 0 Å². The molecule has 4 heteroatoms. The van der Waals surface area contributed by atoms with Crippen molar-refractivity contribution >= 4 is 5.91 Å². The van der Waals surface area contributed by atoms with Gasteiger partial charge in [0.2, 0.25) is 5.91 Å². The number of hydrogen-bond donors (Lipinski definition) is 0. The predicted octanol–water partition coefficient (Wildman–Crippen LogP) is 4.33. The first-order valence-corrected chi connectivity index (χ1v) is 10.6. The van der Waals surface area contributed by atoms with Crippen LogP contribution in [-0.4, -0.2) is 62.1 Å². The van der Waals surface area contributed by atoms with Gasteiger partial charge in [0, 0.05) is 52.7 Å². The van der Waals surface area contributed by atoms with E-state index >= 15 is 0 Å². The van der Waals surface area contributed by atoms with Crippen molar-refractivity contribution < 1.29 is 9.53 Å². The van der Waals surface area contributed by atoms with E-state index < -0.39 is 0 Å². The number of aryl methyl sites for hydroxylation is 1. The maximum absolute atomic E-state index is 11.9. The van der Waals surface area contributed by atoms with Crippen LogP contribution in [0.25, 0.3) is 11.1 Å². The van der Waals surface area contributed by atoms with Crippen LogP contribution in [0, 0.1) is 6.92 Å². The molecular formula is C25H34N2O2. The molecule has 2 aliphatic rings. The lowest BCUT2D eigenvalue weighted by Crippen LogP contribution is -2.60. The fourth-order valence-corrected chi connectivity index (χ4v) is 4.42. The summed E-state index contributed by atoms with van der Waals surface area (Å²) in [6, 6.07) is 18.2. The molecule has 4 rings (SSSR count). The van der Waals surface area contributed by atoms with E-state index in [1.54, 1.807) is 21.1 Å². The number of methoxy groups -OCH3 is 1. The largest absolute Gasteiger partial charge is 0.388 e. The Hall–Kier alpha value is -2.17. The number of hydrogen-bond acceptors (Lipinski definition) is 3. The van der Waals surface area contributed by atoms with Crippen LogP contribution in [0.2, 0.25) is 0 Å². The van der Waals surface area contributed by atoms with Gasteiger partial charge < -0.3 is 9.64 Å². The van der Waals surface area contributed by atoms with E-state index in [4.69, 9.17) is 0 Å². The first-order valence-electron chi connectivity index (χ1n) is 10.6. The van der Waals surface area contributed by atoms with Crippen LogP contribution in [0.5, 0.6) is 0 Å². The molecule has 0 N–H and O–H groups in total. The van der Waals surface area contributed by atoms with E-state index in [0.717, 1.165) is 26.1 Å². The normalized spacial score (nSPS) is 21.7. The van der Waals surface area contributed by atoms with Crippen molar-refractivity contribution in [1.82, 2.24) is 9.80 Å². The van der Waals surface area contributed by atoms with E-state index in [2.05, 4.69) is 65.1 Å². The maximum Gasteiger partial charge on any atom is 0.219 e. The minimum atomic E-state index is 0.215. The summed E-state index contributed by atoms with van der Waals surface area (Å²) in [6.07, 6.45) is 2.32. The van der Waals surface area contributed by atoms with E-state index in [0.29, 0.717) is 12.0 Å². The molecule has 1 unspecified atom stereocenters. The molecule has 2 aromatic rings. The van der Waals surface area contributed by atoms with Crippen LogP contribution in [0.15, 0.2) is 48.5 Å². The lowest BCUT2D eigenvalue weighted by molar-refractivity contribution is -0.131. The number of fused-ring (bicyclic) bond motifs is 1. The van der Waals surface area contributed by atoms with Crippen molar-refractivity contribution in [1.29, 1.82) is 0 Å². The van der Waals surface area contributed by atoms with Crippen LogP contribution < -0.4 is 0 Å². The van der Waals surface area contributed by atoms with E-state index in [-0.39, 0.29) is 5.91 Å². The molecule has 2 aliphatic heterocycles. The van der Waals surface area contributed by atoms with Gasteiger partial charge in [-0.3, -0.25) is 9.69 Å². The third-order valence-electron chi connectivity index (χ3n) is 6.03. The standard InChI is InChI=1S/C23H28N2O.C2H6O/c1-17-6-5-7-21(14-17)19-8-10-20(11-9-19)22-15-25-13-4-3-12-24(18(2)26)16-23(22)25;1-3-2/h5-11,14,22-23H,3-4,12-13,15-16H2,1-2H3;1-2H3/t22?,23-;/m0./s1. The molecule has 0 aromatic heterocycles. The highest BCUT2D eigenvalue weighted by Gasteiger charge is 2.41. The number of amides is 1. The van der Waals surface area contributed by atoms with E-state index in [1.807, 2.05) is 4.90 Å². The third kappa shape index (κ3) is 5.26. The fraction of sp³-hybridized carbons (Fsp3) is 0.480. The average molecular weight is 395 g/mol. The molecule has 4 nitrogen and oxygen atoms in total.